The van der Waals surface area contributed by atoms with Gasteiger partial charge < -0.3 is 45.0 Å². The molecule has 0 saturated heterocycles. The minimum Gasteiger partial charge on any atom is -0.490 e. The average Bonchev–Trinajstić information content (AvgIpc) is 3.41. The summed E-state index contributed by atoms with van der Waals surface area (Å²) >= 11 is 0. The van der Waals surface area contributed by atoms with Crippen molar-refractivity contribution in [3.8, 4) is 17.2 Å². The summed E-state index contributed by atoms with van der Waals surface area (Å²) < 4.78 is 33.3. The smallest absolute Gasteiger partial charge is 0.441 e. The zero-order valence-electron chi connectivity index (χ0n) is 40.1. The van der Waals surface area contributed by atoms with Crippen molar-refractivity contribution >= 4 is 52.4 Å². The number of hydrogen-bond acceptors (Lipinski definition) is 12. The second-order valence-corrected chi connectivity index (χ2v) is 18.1. The molecule has 0 heterocycles. The van der Waals surface area contributed by atoms with E-state index in [1.165, 1.54) is 0 Å². The van der Waals surface area contributed by atoms with E-state index >= 15 is 0 Å². The number of carbonyl (C=O) groups is 6. The number of ether oxygens (including phenoxy) is 6. The lowest BCUT2D eigenvalue weighted by atomic mass is 9.71. The third-order valence-corrected chi connectivity index (χ3v) is 13.6. The van der Waals surface area contributed by atoms with Crippen LogP contribution >= 0.6 is 0 Å². The number of benzene rings is 3. The zero-order chi connectivity index (χ0) is 50.6. The third-order valence-electron chi connectivity index (χ3n) is 13.6. The van der Waals surface area contributed by atoms with Crippen LogP contribution in [0.25, 0.3) is 16.6 Å². The van der Waals surface area contributed by atoms with E-state index in [2.05, 4.69) is 14.4 Å². The predicted octanol–water partition coefficient (Wildman–Crippen LogP) is 7.27. The maximum atomic E-state index is 12.8. The van der Waals surface area contributed by atoms with Gasteiger partial charge in [-0.25, -0.2) is 14.4 Å². The lowest BCUT2D eigenvalue weighted by Gasteiger charge is -2.32. The molecule has 0 aromatic heterocycles. The van der Waals surface area contributed by atoms with Crippen LogP contribution in [0.5, 0.6) is 17.2 Å². The number of hydrogen-bond donors (Lipinski definition) is 0. The molecular formula is C53H60N6O12. The Morgan fingerprint density at radius 3 is 0.873 bits per heavy atom. The highest BCUT2D eigenvalue weighted by Gasteiger charge is 2.40. The summed E-state index contributed by atoms with van der Waals surface area (Å²) in [7, 11) is 0. The monoisotopic (exact) mass is 972 g/mol. The lowest BCUT2D eigenvalue weighted by molar-refractivity contribution is -0.144. The highest BCUT2D eigenvalue weighted by molar-refractivity contribution is 6.63. The minimum atomic E-state index is -1.01. The Bertz CT molecular complexity index is 2250. The second kappa shape index (κ2) is 26.6. The first-order chi connectivity index (χ1) is 34.5. The topological polar surface area (TPSA) is 267 Å². The molecular weight excluding hydrogens is 913 g/mol. The summed E-state index contributed by atoms with van der Waals surface area (Å²) in [5, 5.41) is 0. The maximum Gasteiger partial charge on any atom is 0.441 e. The van der Waals surface area contributed by atoms with E-state index in [1.807, 2.05) is 43.3 Å². The van der Waals surface area contributed by atoms with Crippen LogP contribution in [0.3, 0.4) is 0 Å². The van der Waals surface area contributed by atoms with Gasteiger partial charge in [0.25, 0.3) is 17.3 Å². The second-order valence-electron chi connectivity index (χ2n) is 18.1. The summed E-state index contributed by atoms with van der Waals surface area (Å²) in [5.74, 6) is -4.25. The van der Waals surface area contributed by atoms with Crippen molar-refractivity contribution in [2.75, 3.05) is 39.6 Å². The maximum absolute atomic E-state index is 12.8. The molecule has 6 rings (SSSR count). The van der Waals surface area contributed by atoms with Crippen LogP contribution in [-0.2, 0) is 48.4 Å². The molecule has 3 aromatic carbocycles. The van der Waals surface area contributed by atoms with Gasteiger partial charge in [-0.2, -0.15) is 14.4 Å². The first-order valence-electron chi connectivity index (χ1n) is 24.5. The van der Waals surface area contributed by atoms with Crippen LogP contribution in [-0.4, -0.2) is 106 Å². The SMILES string of the molecule is CC(c1ccc(OCCOC(=O)C(=[N+]=[N-])C(=O)C2CCCCC2)cc1)(c1ccc(OCCOC(=O)C(=[N+]=[N-])C(=O)C2CCCCC2)cc1)c1ccc(OCCOC(=O)C(=[N+]=[N-])C(=O)C2CCCCC2)cc1. The van der Waals surface area contributed by atoms with E-state index in [9.17, 15) is 45.4 Å². The van der Waals surface area contributed by atoms with Gasteiger partial charge in [-0.15, -0.1) is 0 Å². The van der Waals surface area contributed by atoms with E-state index in [1.54, 1.807) is 36.4 Å². The van der Waals surface area contributed by atoms with Crippen molar-refractivity contribution in [3.63, 3.8) is 0 Å². The highest BCUT2D eigenvalue weighted by Crippen LogP contribution is 2.41. The molecule has 18 nitrogen and oxygen atoms in total. The van der Waals surface area contributed by atoms with Gasteiger partial charge in [0.05, 0.1) is 0 Å². The molecule has 0 amide bonds. The molecule has 0 N–H and O–H groups in total. The van der Waals surface area contributed by atoms with Crippen molar-refractivity contribution in [1.82, 2.24) is 0 Å². The van der Waals surface area contributed by atoms with Gasteiger partial charge in [-0.1, -0.05) is 94.2 Å². The molecule has 374 valence electrons. The van der Waals surface area contributed by atoms with Gasteiger partial charge >= 0.3 is 35.0 Å². The molecule has 71 heavy (non-hydrogen) atoms. The van der Waals surface area contributed by atoms with Crippen LogP contribution in [0, 0.1) is 17.8 Å². The number of ketones is 3. The van der Waals surface area contributed by atoms with E-state index in [0.717, 1.165) is 74.5 Å². The first kappa shape index (κ1) is 53.0. The van der Waals surface area contributed by atoms with Crippen molar-refractivity contribution in [2.24, 2.45) is 17.8 Å². The number of nitrogens with zero attached hydrogens (tertiary/aromatic N) is 6. The zero-order valence-corrected chi connectivity index (χ0v) is 40.1. The molecule has 3 aliphatic carbocycles. The molecule has 18 heteroatoms. The van der Waals surface area contributed by atoms with E-state index in [4.69, 9.17) is 28.4 Å². The fraction of sp³-hybridized carbons (Fsp3) is 0.491. The number of esters is 3. The molecule has 0 spiro atoms. The van der Waals surface area contributed by atoms with Crippen LogP contribution in [0.2, 0.25) is 0 Å². The molecule has 0 aliphatic heterocycles. The summed E-state index contributed by atoms with van der Waals surface area (Å²) in [6.45, 7) is 1.33. The van der Waals surface area contributed by atoms with Crippen LogP contribution < -0.4 is 14.2 Å². The largest absolute Gasteiger partial charge is 0.490 e. The summed E-state index contributed by atoms with van der Waals surface area (Å²) in [6.07, 6.45) is 12.1. The summed E-state index contributed by atoms with van der Waals surface area (Å²) in [4.78, 5) is 85.1. The van der Waals surface area contributed by atoms with Gasteiger partial charge in [0.15, 0.2) is 0 Å². The van der Waals surface area contributed by atoms with Gasteiger partial charge in [0.1, 0.15) is 56.9 Å². The van der Waals surface area contributed by atoms with Crippen molar-refractivity contribution < 1.29 is 71.6 Å². The molecule has 3 saturated carbocycles. The van der Waals surface area contributed by atoms with Crippen molar-refractivity contribution in [2.45, 2.75) is 109 Å². The molecule has 0 radical (unpaired) electrons. The Kier molecular flexibility index (Phi) is 19.8. The van der Waals surface area contributed by atoms with E-state index < -0.39 is 57.8 Å². The van der Waals surface area contributed by atoms with E-state index in [-0.39, 0.29) is 57.4 Å². The van der Waals surface area contributed by atoms with Crippen LogP contribution in [0.15, 0.2) is 72.8 Å². The highest BCUT2D eigenvalue weighted by atomic mass is 16.6. The Morgan fingerprint density at radius 1 is 0.408 bits per heavy atom. The van der Waals surface area contributed by atoms with Crippen LogP contribution in [0.4, 0.5) is 0 Å². The Labute approximate surface area is 412 Å². The minimum absolute atomic E-state index is 0.0381. The Hall–Kier alpha value is -7.38. The van der Waals surface area contributed by atoms with Crippen molar-refractivity contribution in [3.05, 3.63) is 106 Å². The first-order valence-corrected chi connectivity index (χ1v) is 24.5. The number of Topliss-reactive ketones (excluding diaryl/α,β-unsaturated/α-hetero) is 3. The van der Waals surface area contributed by atoms with Gasteiger partial charge in [-0.05, 0) is 98.5 Å². The molecule has 3 aliphatic rings. The molecule has 0 atom stereocenters. The van der Waals surface area contributed by atoms with Gasteiger partial charge in [0.2, 0.25) is 0 Å². The van der Waals surface area contributed by atoms with Gasteiger partial charge in [0, 0.05) is 23.2 Å². The predicted molar refractivity (Wildman–Crippen MR) is 255 cm³/mol. The standard InChI is InChI=1S/C53H60N6O12/c1-53(38-17-23-41(24-18-38)66-29-32-69-50(63)44(57-54)47(60)35-11-5-2-6-12-35,39-19-25-42(26-20-39)67-30-33-70-51(64)45(58-55)48(61)36-13-7-3-8-14-36)40-21-27-43(28-22-40)68-31-34-71-52(65)46(59-56)49(62)37-15-9-4-10-16-37/h17-28,35-37H,2-16,29-34H2,1H3. The van der Waals surface area contributed by atoms with Gasteiger partial charge in [-0.3, -0.25) is 14.4 Å². The summed E-state index contributed by atoms with van der Waals surface area (Å²) in [5.41, 5.74) is 28.2. The van der Waals surface area contributed by atoms with Crippen molar-refractivity contribution in [1.29, 1.82) is 0 Å². The fourth-order valence-electron chi connectivity index (χ4n) is 9.49. The Balaban J connectivity index is 1.09. The summed E-state index contributed by atoms with van der Waals surface area (Å²) in [6, 6.07) is 22.0. The Morgan fingerprint density at radius 2 is 0.648 bits per heavy atom. The van der Waals surface area contributed by atoms with E-state index in [0.29, 0.717) is 55.8 Å². The van der Waals surface area contributed by atoms with Crippen LogP contribution in [0.1, 0.15) is 120 Å². The normalized spacial score (nSPS) is 16.0. The average molecular weight is 973 g/mol. The fourth-order valence-corrected chi connectivity index (χ4v) is 9.49. The number of carbonyl (C=O) groups excluding carboxylic acids is 6. The molecule has 0 unspecified atom stereocenters. The lowest BCUT2D eigenvalue weighted by Crippen LogP contribution is -2.34. The molecule has 3 aromatic rings. The number of rotatable bonds is 24. The third kappa shape index (κ3) is 14.1. The molecule has 0 bridgehead atoms. The quantitative estimate of drug-likeness (QED) is 0.0125. The molecule has 3 fully saturated rings.